The number of halogens is 2. The zero-order valence-electron chi connectivity index (χ0n) is 16.8. The molecule has 0 bridgehead atoms. The van der Waals surface area contributed by atoms with E-state index in [0.717, 1.165) is 22.2 Å². The predicted octanol–water partition coefficient (Wildman–Crippen LogP) is 5.56. The van der Waals surface area contributed by atoms with Gasteiger partial charge in [-0.3, -0.25) is 4.79 Å². The molecular weight excluding hydrogens is 421 g/mol. The van der Waals surface area contributed by atoms with Crippen molar-refractivity contribution in [2.24, 2.45) is 0 Å². The van der Waals surface area contributed by atoms with E-state index in [2.05, 4.69) is 9.88 Å². The van der Waals surface area contributed by atoms with Gasteiger partial charge in [-0.05, 0) is 43.2 Å². The van der Waals surface area contributed by atoms with Crippen molar-refractivity contribution in [1.29, 1.82) is 0 Å². The molecule has 0 saturated carbocycles. The van der Waals surface area contributed by atoms with Crippen LogP contribution in [-0.4, -0.2) is 34.4 Å². The molecule has 0 amide bonds. The molecule has 2 aliphatic rings. The lowest BCUT2D eigenvalue weighted by molar-refractivity contribution is 0.0229. The molecule has 5 rings (SSSR count). The molecule has 5 nitrogen and oxygen atoms in total. The SMILES string of the molecule is Cc1cc2c(c(C)c1Cl)C(=O)CC1(CCN(c3nc4ccccc4nc3Cl)CC1)O2. The number of fused-ring (bicyclic) bond motifs is 2. The van der Waals surface area contributed by atoms with Gasteiger partial charge < -0.3 is 9.64 Å². The van der Waals surface area contributed by atoms with Crippen molar-refractivity contribution in [3.8, 4) is 5.75 Å². The van der Waals surface area contributed by atoms with Crippen LogP contribution in [0.3, 0.4) is 0 Å². The predicted molar refractivity (Wildman–Crippen MR) is 119 cm³/mol. The summed E-state index contributed by atoms with van der Waals surface area (Å²) in [5.74, 6) is 1.45. The fourth-order valence-corrected chi connectivity index (χ4v) is 4.98. The molecule has 2 aliphatic heterocycles. The van der Waals surface area contributed by atoms with E-state index in [-0.39, 0.29) is 5.78 Å². The molecule has 0 radical (unpaired) electrons. The van der Waals surface area contributed by atoms with Gasteiger partial charge in [-0.2, -0.15) is 0 Å². The van der Waals surface area contributed by atoms with E-state index in [1.807, 2.05) is 44.2 Å². The first-order valence-electron chi connectivity index (χ1n) is 10.1. The van der Waals surface area contributed by atoms with Crippen molar-refractivity contribution in [3.63, 3.8) is 0 Å². The number of nitrogens with zero attached hydrogens (tertiary/aromatic N) is 3. The molecule has 1 saturated heterocycles. The second-order valence-electron chi connectivity index (χ2n) is 8.20. The van der Waals surface area contributed by atoms with Crippen LogP contribution in [0.25, 0.3) is 11.0 Å². The van der Waals surface area contributed by atoms with Gasteiger partial charge in [0.25, 0.3) is 0 Å². The number of rotatable bonds is 1. The summed E-state index contributed by atoms with van der Waals surface area (Å²) < 4.78 is 6.46. The van der Waals surface area contributed by atoms with Gasteiger partial charge in [0, 0.05) is 31.0 Å². The van der Waals surface area contributed by atoms with Crippen molar-refractivity contribution in [2.45, 2.75) is 38.7 Å². The lowest BCUT2D eigenvalue weighted by Gasteiger charge is -2.44. The van der Waals surface area contributed by atoms with Crippen LogP contribution in [0.15, 0.2) is 30.3 Å². The van der Waals surface area contributed by atoms with Crippen molar-refractivity contribution in [1.82, 2.24) is 9.97 Å². The molecule has 3 aromatic rings. The Bertz CT molecular complexity index is 1190. The first kappa shape index (κ1) is 19.6. The van der Waals surface area contributed by atoms with Gasteiger partial charge in [-0.25, -0.2) is 9.97 Å². The first-order valence-corrected chi connectivity index (χ1v) is 10.8. The first-order chi connectivity index (χ1) is 14.4. The number of benzene rings is 2. The van der Waals surface area contributed by atoms with E-state index in [1.165, 1.54) is 0 Å². The number of aromatic nitrogens is 2. The van der Waals surface area contributed by atoms with E-state index < -0.39 is 5.60 Å². The number of ether oxygens (including phenoxy) is 1. The van der Waals surface area contributed by atoms with E-state index in [1.54, 1.807) is 0 Å². The molecule has 0 unspecified atom stereocenters. The largest absolute Gasteiger partial charge is 0.486 e. The number of hydrogen-bond donors (Lipinski definition) is 0. The highest BCUT2D eigenvalue weighted by Crippen LogP contribution is 2.43. The smallest absolute Gasteiger partial charge is 0.172 e. The highest BCUT2D eigenvalue weighted by Gasteiger charge is 2.44. The quantitative estimate of drug-likeness (QED) is 0.494. The van der Waals surface area contributed by atoms with Crippen LogP contribution in [0.2, 0.25) is 10.2 Å². The Morgan fingerprint density at radius 2 is 1.73 bits per heavy atom. The van der Waals surface area contributed by atoms with Crippen LogP contribution in [0.5, 0.6) is 5.75 Å². The average Bonchev–Trinajstić information content (AvgIpc) is 2.72. The molecule has 1 spiro atoms. The van der Waals surface area contributed by atoms with Crippen molar-refractivity contribution in [2.75, 3.05) is 18.0 Å². The Morgan fingerprint density at radius 3 is 2.43 bits per heavy atom. The zero-order valence-corrected chi connectivity index (χ0v) is 18.3. The summed E-state index contributed by atoms with van der Waals surface area (Å²) >= 11 is 12.8. The van der Waals surface area contributed by atoms with E-state index in [0.29, 0.717) is 59.7 Å². The Labute approximate surface area is 185 Å². The highest BCUT2D eigenvalue weighted by atomic mass is 35.5. The minimum atomic E-state index is -0.496. The summed E-state index contributed by atoms with van der Waals surface area (Å²) in [6.07, 6.45) is 1.79. The second-order valence-corrected chi connectivity index (χ2v) is 8.94. The molecule has 3 heterocycles. The summed E-state index contributed by atoms with van der Waals surface area (Å²) in [5, 5.41) is 1.04. The molecule has 154 valence electrons. The molecular formula is C23H21Cl2N3O2. The maximum absolute atomic E-state index is 13.0. The topological polar surface area (TPSA) is 55.3 Å². The number of para-hydroxylation sites is 2. The number of carbonyl (C=O) groups is 1. The zero-order chi connectivity index (χ0) is 21.0. The third-order valence-corrected chi connectivity index (χ3v) is 7.05. The number of carbonyl (C=O) groups excluding carboxylic acids is 1. The standard InChI is InChI=1S/C23H21Cl2N3O2/c1-13-11-18-19(14(2)20(13)24)17(29)12-23(30-18)7-9-28(10-8-23)22-21(25)26-15-5-3-4-6-16(15)27-22/h3-6,11H,7-10,12H2,1-2H3. The summed E-state index contributed by atoms with van der Waals surface area (Å²) in [7, 11) is 0. The fraction of sp³-hybridized carbons (Fsp3) is 0.348. The van der Waals surface area contributed by atoms with Gasteiger partial charge in [0.2, 0.25) is 0 Å². The molecule has 0 N–H and O–H groups in total. The van der Waals surface area contributed by atoms with Gasteiger partial charge in [-0.15, -0.1) is 0 Å². The van der Waals surface area contributed by atoms with Gasteiger partial charge >= 0.3 is 0 Å². The Balaban J connectivity index is 1.41. The maximum Gasteiger partial charge on any atom is 0.172 e. The number of ketones is 1. The average molecular weight is 442 g/mol. The number of aryl methyl sites for hydroxylation is 1. The third-order valence-electron chi connectivity index (χ3n) is 6.22. The number of piperidine rings is 1. The van der Waals surface area contributed by atoms with Gasteiger partial charge in [0.1, 0.15) is 11.4 Å². The molecule has 0 aliphatic carbocycles. The monoisotopic (exact) mass is 441 g/mol. The van der Waals surface area contributed by atoms with Crippen molar-refractivity contribution < 1.29 is 9.53 Å². The summed E-state index contributed by atoms with van der Waals surface area (Å²) in [4.78, 5) is 24.3. The van der Waals surface area contributed by atoms with Crippen LogP contribution in [-0.2, 0) is 0 Å². The van der Waals surface area contributed by atoms with E-state index in [9.17, 15) is 4.79 Å². The lowest BCUT2D eigenvalue weighted by atomic mass is 9.81. The summed E-state index contributed by atoms with van der Waals surface area (Å²) in [6, 6.07) is 9.59. The molecule has 2 aromatic carbocycles. The van der Waals surface area contributed by atoms with Crippen molar-refractivity contribution >= 4 is 45.8 Å². The Morgan fingerprint density at radius 1 is 1.07 bits per heavy atom. The molecule has 1 fully saturated rings. The fourth-order valence-electron chi connectivity index (χ4n) is 4.58. The Hall–Kier alpha value is -2.37. The van der Waals surface area contributed by atoms with Crippen LogP contribution in [0.1, 0.15) is 40.7 Å². The number of anilines is 1. The third kappa shape index (κ3) is 3.12. The number of hydrogen-bond acceptors (Lipinski definition) is 5. The Kier molecular flexibility index (Phi) is 4.64. The van der Waals surface area contributed by atoms with Crippen LogP contribution in [0.4, 0.5) is 5.82 Å². The van der Waals surface area contributed by atoms with E-state index in [4.69, 9.17) is 32.9 Å². The van der Waals surface area contributed by atoms with Crippen LogP contribution in [0, 0.1) is 13.8 Å². The van der Waals surface area contributed by atoms with E-state index >= 15 is 0 Å². The molecule has 1 aromatic heterocycles. The highest BCUT2D eigenvalue weighted by molar-refractivity contribution is 6.33. The normalized spacial score (nSPS) is 17.9. The number of Topliss-reactive ketones (excluding diaryl/α,β-unsaturated/α-hetero) is 1. The second kappa shape index (κ2) is 7.10. The lowest BCUT2D eigenvalue weighted by Crippen LogP contribution is -2.51. The van der Waals surface area contributed by atoms with Crippen LogP contribution < -0.4 is 9.64 Å². The molecule has 30 heavy (non-hydrogen) atoms. The summed E-state index contributed by atoms with van der Waals surface area (Å²) in [6.45, 7) is 5.21. The minimum absolute atomic E-state index is 0.104. The van der Waals surface area contributed by atoms with Crippen LogP contribution >= 0.6 is 23.2 Å². The van der Waals surface area contributed by atoms with Crippen molar-refractivity contribution in [3.05, 3.63) is 57.2 Å². The summed E-state index contributed by atoms with van der Waals surface area (Å²) in [5.41, 5.74) is 3.46. The minimum Gasteiger partial charge on any atom is -0.486 e. The van der Waals surface area contributed by atoms with Gasteiger partial charge in [-0.1, -0.05) is 35.3 Å². The van der Waals surface area contributed by atoms with Gasteiger partial charge in [0.05, 0.1) is 23.0 Å². The van der Waals surface area contributed by atoms with Gasteiger partial charge in [0.15, 0.2) is 16.8 Å². The maximum atomic E-state index is 13.0. The molecule has 0 atom stereocenters. The molecule has 7 heteroatoms.